The maximum atomic E-state index is 3.63. The summed E-state index contributed by atoms with van der Waals surface area (Å²) < 4.78 is 0. The topological polar surface area (TPSA) is 0 Å². The monoisotopic (exact) mass is 346 g/mol. The van der Waals surface area contributed by atoms with Gasteiger partial charge in [-0.3, -0.25) is 0 Å². The minimum atomic E-state index is 0.545. The highest BCUT2D eigenvalue weighted by Gasteiger charge is 2.08. The van der Waals surface area contributed by atoms with Gasteiger partial charge < -0.3 is 0 Å². The molecule has 0 spiro atoms. The van der Waals surface area contributed by atoms with Crippen molar-refractivity contribution < 1.29 is 0 Å². The highest BCUT2D eigenvalue weighted by Crippen LogP contribution is 2.21. The quantitative estimate of drug-likeness (QED) is 0.675. The third kappa shape index (κ3) is 4.21. The molecule has 0 amide bonds. The lowest BCUT2D eigenvalue weighted by atomic mass is 9.95. The van der Waals surface area contributed by atoms with Gasteiger partial charge in [-0.05, 0) is 48.9 Å². The van der Waals surface area contributed by atoms with Crippen LogP contribution >= 0.6 is 31.9 Å². The molecule has 90 valence electrons. The summed E-state index contributed by atoms with van der Waals surface area (Å²) in [6.45, 7) is 8.82. The van der Waals surface area contributed by atoms with Crippen molar-refractivity contribution in [3.63, 3.8) is 0 Å². The smallest absolute Gasteiger partial charge is 0.0158 e. The molecule has 0 aliphatic heterocycles. The van der Waals surface area contributed by atoms with Crippen molar-refractivity contribution in [2.75, 3.05) is 0 Å². The second kappa shape index (κ2) is 6.20. The Morgan fingerprint density at radius 2 is 1.25 bits per heavy atom. The van der Waals surface area contributed by atoms with E-state index in [0.717, 1.165) is 12.8 Å². The SMILES string of the molecule is Cc1cc(C)c(CC(C)Br)cc1CC(C)Br. The van der Waals surface area contributed by atoms with Crippen LogP contribution < -0.4 is 0 Å². The molecule has 0 heterocycles. The molecule has 1 aromatic rings. The Morgan fingerprint density at radius 3 is 1.56 bits per heavy atom. The van der Waals surface area contributed by atoms with E-state index in [4.69, 9.17) is 0 Å². The van der Waals surface area contributed by atoms with Crippen LogP contribution in [0.5, 0.6) is 0 Å². The van der Waals surface area contributed by atoms with Crippen molar-refractivity contribution in [2.24, 2.45) is 0 Å². The first kappa shape index (κ1) is 14.2. The van der Waals surface area contributed by atoms with Gasteiger partial charge in [-0.15, -0.1) is 0 Å². The van der Waals surface area contributed by atoms with E-state index in [-0.39, 0.29) is 0 Å². The van der Waals surface area contributed by atoms with E-state index in [0.29, 0.717) is 9.65 Å². The fourth-order valence-electron chi connectivity index (χ4n) is 1.99. The van der Waals surface area contributed by atoms with Gasteiger partial charge in [0, 0.05) is 9.65 Å². The number of benzene rings is 1. The van der Waals surface area contributed by atoms with Gasteiger partial charge in [0.25, 0.3) is 0 Å². The zero-order chi connectivity index (χ0) is 12.3. The van der Waals surface area contributed by atoms with Gasteiger partial charge in [-0.1, -0.05) is 57.8 Å². The predicted molar refractivity (Wildman–Crippen MR) is 80.1 cm³/mol. The molecule has 1 rings (SSSR count). The van der Waals surface area contributed by atoms with E-state index in [2.05, 4.69) is 71.7 Å². The normalized spacial score (nSPS) is 14.9. The summed E-state index contributed by atoms with van der Waals surface area (Å²) in [6.07, 6.45) is 2.21. The van der Waals surface area contributed by atoms with Gasteiger partial charge in [-0.2, -0.15) is 0 Å². The lowest BCUT2D eigenvalue weighted by Gasteiger charge is -2.14. The molecule has 16 heavy (non-hydrogen) atoms. The average Bonchev–Trinajstić information content (AvgIpc) is 2.11. The molecule has 0 nitrogen and oxygen atoms in total. The van der Waals surface area contributed by atoms with Gasteiger partial charge in [0.05, 0.1) is 0 Å². The fourth-order valence-corrected chi connectivity index (χ4v) is 2.69. The maximum absolute atomic E-state index is 3.63. The number of alkyl halides is 2. The van der Waals surface area contributed by atoms with Crippen LogP contribution in [0.3, 0.4) is 0 Å². The van der Waals surface area contributed by atoms with E-state index < -0.39 is 0 Å². The molecule has 2 atom stereocenters. The van der Waals surface area contributed by atoms with Crippen molar-refractivity contribution in [2.45, 2.75) is 50.2 Å². The van der Waals surface area contributed by atoms with Gasteiger partial charge in [0.2, 0.25) is 0 Å². The first-order chi connectivity index (χ1) is 7.40. The second-order valence-electron chi connectivity index (χ2n) is 4.67. The maximum Gasteiger partial charge on any atom is 0.0158 e. The number of rotatable bonds is 4. The lowest BCUT2D eigenvalue weighted by Crippen LogP contribution is -2.04. The van der Waals surface area contributed by atoms with Gasteiger partial charge in [-0.25, -0.2) is 0 Å². The molecule has 0 saturated heterocycles. The van der Waals surface area contributed by atoms with E-state index in [1.807, 2.05) is 0 Å². The van der Waals surface area contributed by atoms with Gasteiger partial charge in [0.15, 0.2) is 0 Å². The molecule has 0 aliphatic rings. The van der Waals surface area contributed by atoms with Gasteiger partial charge >= 0.3 is 0 Å². The number of aryl methyl sites for hydroxylation is 2. The van der Waals surface area contributed by atoms with Crippen LogP contribution in [-0.4, -0.2) is 9.65 Å². The van der Waals surface area contributed by atoms with Crippen LogP contribution in [0.4, 0.5) is 0 Å². The largest absolute Gasteiger partial charge is 0.0890 e. The highest BCUT2D eigenvalue weighted by atomic mass is 79.9. The number of halogens is 2. The van der Waals surface area contributed by atoms with E-state index >= 15 is 0 Å². The van der Waals surface area contributed by atoms with E-state index in [1.54, 1.807) is 0 Å². The van der Waals surface area contributed by atoms with E-state index in [1.165, 1.54) is 22.3 Å². The number of hydrogen-bond acceptors (Lipinski definition) is 0. The Bertz CT molecular complexity index is 323. The predicted octanol–water partition coefficient (Wildman–Crippen LogP) is 4.96. The molecule has 0 radical (unpaired) electrons. The molecule has 0 fully saturated rings. The van der Waals surface area contributed by atoms with Crippen LogP contribution in [0.2, 0.25) is 0 Å². The molecule has 0 N–H and O–H groups in total. The first-order valence-corrected chi connectivity index (χ1v) is 7.60. The third-order valence-corrected chi connectivity index (χ3v) is 3.44. The van der Waals surface area contributed by atoms with Crippen LogP contribution in [0.15, 0.2) is 12.1 Å². The minimum Gasteiger partial charge on any atom is -0.0890 e. The van der Waals surface area contributed by atoms with Gasteiger partial charge in [0.1, 0.15) is 0 Å². The Hall–Kier alpha value is 0.180. The van der Waals surface area contributed by atoms with Crippen molar-refractivity contribution in [3.8, 4) is 0 Å². The Kier molecular flexibility index (Phi) is 5.52. The summed E-state index contributed by atoms with van der Waals surface area (Å²) >= 11 is 7.26. The molecular weight excluding hydrogens is 328 g/mol. The summed E-state index contributed by atoms with van der Waals surface area (Å²) in [5.74, 6) is 0. The zero-order valence-electron chi connectivity index (χ0n) is 10.5. The second-order valence-corrected chi connectivity index (χ2v) is 7.80. The van der Waals surface area contributed by atoms with Crippen LogP contribution in [0.25, 0.3) is 0 Å². The van der Waals surface area contributed by atoms with E-state index in [9.17, 15) is 0 Å². The molecule has 2 unspecified atom stereocenters. The zero-order valence-corrected chi connectivity index (χ0v) is 13.7. The molecule has 0 aliphatic carbocycles. The Labute approximate surface area is 116 Å². The summed E-state index contributed by atoms with van der Waals surface area (Å²) in [4.78, 5) is 1.09. The van der Waals surface area contributed by atoms with Crippen LogP contribution in [-0.2, 0) is 12.8 Å². The van der Waals surface area contributed by atoms with Crippen molar-refractivity contribution in [3.05, 3.63) is 34.4 Å². The fraction of sp³-hybridized carbons (Fsp3) is 0.571. The molecule has 0 bridgehead atoms. The molecule has 0 saturated carbocycles. The standard InChI is InChI=1S/C14H20Br2/c1-9-5-10(2)14(7-12(4)16)8-13(9)6-11(3)15/h5,8,11-12H,6-7H2,1-4H3. The first-order valence-electron chi connectivity index (χ1n) is 5.77. The van der Waals surface area contributed by atoms with Crippen molar-refractivity contribution >= 4 is 31.9 Å². The molecule has 2 heteroatoms. The Balaban J connectivity index is 3.01. The molecule has 0 aromatic heterocycles. The van der Waals surface area contributed by atoms with Crippen molar-refractivity contribution in [1.82, 2.24) is 0 Å². The number of hydrogen-bond donors (Lipinski definition) is 0. The molecule has 1 aromatic carbocycles. The summed E-state index contributed by atoms with van der Waals surface area (Å²) in [5, 5.41) is 0. The summed E-state index contributed by atoms with van der Waals surface area (Å²) in [6, 6.07) is 4.69. The van der Waals surface area contributed by atoms with Crippen molar-refractivity contribution in [1.29, 1.82) is 0 Å². The van der Waals surface area contributed by atoms with Crippen LogP contribution in [0.1, 0.15) is 36.1 Å². The van der Waals surface area contributed by atoms with Crippen LogP contribution in [0, 0.1) is 13.8 Å². The summed E-state index contributed by atoms with van der Waals surface area (Å²) in [7, 11) is 0. The summed E-state index contributed by atoms with van der Waals surface area (Å²) in [5.41, 5.74) is 5.76. The lowest BCUT2D eigenvalue weighted by molar-refractivity contribution is 0.914. The highest BCUT2D eigenvalue weighted by molar-refractivity contribution is 9.09. The Morgan fingerprint density at radius 1 is 0.875 bits per heavy atom. The molecular formula is C14H20Br2. The third-order valence-electron chi connectivity index (χ3n) is 2.80. The minimum absolute atomic E-state index is 0.545. The average molecular weight is 348 g/mol.